The molecule has 2 nitrogen and oxygen atoms in total. The Balaban J connectivity index is 1.93. The maximum Gasteiger partial charge on any atom is 0.186 e. The third-order valence-electron chi connectivity index (χ3n) is 2.55. The smallest absolute Gasteiger partial charge is 0.186 e. The largest absolute Gasteiger partial charge is 0.295 e. The van der Waals surface area contributed by atoms with Crippen molar-refractivity contribution in [3.05, 3.63) is 58.0 Å². The van der Waals surface area contributed by atoms with Crippen LogP contribution in [0.25, 0.3) is 0 Å². The minimum atomic E-state index is -0.245. The van der Waals surface area contributed by atoms with Crippen molar-refractivity contribution in [3.63, 3.8) is 0 Å². The fraction of sp³-hybridized carbons (Fsp3) is 0.214. The van der Waals surface area contributed by atoms with E-state index < -0.39 is 0 Å². The molecule has 0 bridgehead atoms. The van der Waals surface area contributed by atoms with Crippen LogP contribution in [0.5, 0.6) is 0 Å². The van der Waals surface area contributed by atoms with Crippen molar-refractivity contribution < 1.29 is 9.18 Å². The van der Waals surface area contributed by atoms with Gasteiger partial charge in [-0.15, -0.1) is 11.3 Å². The van der Waals surface area contributed by atoms with E-state index in [1.54, 1.807) is 6.07 Å². The van der Waals surface area contributed by atoms with Gasteiger partial charge in [0, 0.05) is 6.54 Å². The lowest BCUT2D eigenvalue weighted by atomic mass is 10.2. The van der Waals surface area contributed by atoms with Gasteiger partial charge in [-0.1, -0.05) is 18.2 Å². The van der Waals surface area contributed by atoms with Gasteiger partial charge in [0.2, 0.25) is 0 Å². The molecule has 0 unspecified atom stereocenters. The monoisotopic (exact) mass is 263 g/mol. The van der Waals surface area contributed by atoms with Crippen molar-refractivity contribution in [1.29, 1.82) is 0 Å². The molecule has 0 saturated carbocycles. The van der Waals surface area contributed by atoms with Crippen LogP contribution in [0.15, 0.2) is 41.8 Å². The van der Waals surface area contributed by atoms with Crippen LogP contribution in [0, 0.1) is 5.82 Å². The number of carbonyl (C=O) groups excluding carboxylic acids is 1. The van der Waals surface area contributed by atoms with Crippen LogP contribution in [0.3, 0.4) is 0 Å². The maximum absolute atomic E-state index is 13.0. The van der Waals surface area contributed by atoms with Crippen molar-refractivity contribution >= 4 is 17.1 Å². The number of halogens is 1. The number of benzene rings is 1. The summed E-state index contributed by atoms with van der Waals surface area (Å²) in [5, 5.41) is 1.89. The van der Waals surface area contributed by atoms with Crippen molar-refractivity contribution in [3.8, 4) is 0 Å². The van der Waals surface area contributed by atoms with Gasteiger partial charge >= 0.3 is 0 Å². The summed E-state index contributed by atoms with van der Waals surface area (Å²) in [5.41, 5.74) is 0.872. The standard InChI is InChI=1S/C14H14FNOS/c1-16(9-11-4-2-5-12(15)8-11)10-13(17)14-6-3-7-18-14/h2-8H,9-10H2,1H3. The van der Waals surface area contributed by atoms with E-state index in [0.29, 0.717) is 13.1 Å². The van der Waals surface area contributed by atoms with Crippen LogP contribution in [-0.4, -0.2) is 24.3 Å². The quantitative estimate of drug-likeness (QED) is 0.772. The Morgan fingerprint density at radius 2 is 2.17 bits per heavy atom. The number of rotatable bonds is 5. The summed E-state index contributed by atoms with van der Waals surface area (Å²) in [7, 11) is 1.86. The molecule has 0 saturated heterocycles. The van der Waals surface area contributed by atoms with Crippen LogP contribution in [0.1, 0.15) is 15.2 Å². The van der Waals surface area contributed by atoms with Crippen molar-refractivity contribution in [2.24, 2.45) is 0 Å². The molecular formula is C14H14FNOS. The van der Waals surface area contributed by atoms with Crippen molar-refractivity contribution in [2.45, 2.75) is 6.54 Å². The first-order valence-corrected chi connectivity index (χ1v) is 6.53. The zero-order chi connectivity index (χ0) is 13.0. The summed E-state index contributed by atoms with van der Waals surface area (Å²) < 4.78 is 13.0. The van der Waals surface area contributed by atoms with Gasteiger partial charge in [-0.05, 0) is 36.2 Å². The molecule has 18 heavy (non-hydrogen) atoms. The molecule has 0 fully saturated rings. The van der Waals surface area contributed by atoms with Gasteiger partial charge in [-0.3, -0.25) is 9.69 Å². The Morgan fingerprint density at radius 3 is 2.83 bits per heavy atom. The van der Waals surface area contributed by atoms with Crippen molar-refractivity contribution in [1.82, 2.24) is 4.90 Å². The predicted octanol–water partition coefficient (Wildman–Crippen LogP) is 3.20. The van der Waals surface area contributed by atoms with Crippen LogP contribution in [0.4, 0.5) is 4.39 Å². The summed E-state index contributed by atoms with van der Waals surface area (Å²) in [6, 6.07) is 10.1. The number of likely N-dealkylation sites (N-methyl/N-ethyl adjacent to an activating group) is 1. The number of ketones is 1. The van der Waals surface area contributed by atoms with E-state index in [-0.39, 0.29) is 11.6 Å². The molecule has 0 aliphatic rings. The first kappa shape index (κ1) is 12.9. The second-order valence-corrected chi connectivity index (χ2v) is 5.15. The topological polar surface area (TPSA) is 20.3 Å². The summed E-state index contributed by atoms with van der Waals surface area (Å²) in [5.74, 6) is -0.144. The van der Waals surface area contributed by atoms with Gasteiger partial charge < -0.3 is 0 Å². The average Bonchev–Trinajstić information content (AvgIpc) is 2.81. The molecule has 0 atom stereocenters. The number of carbonyl (C=O) groups is 1. The van der Waals surface area contributed by atoms with Crippen LogP contribution in [-0.2, 0) is 6.54 Å². The molecule has 1 aromatic carbocycles. The predicted molar refractivity (Wildman–Crippen MR) is 71.4 cm³/mol. The van der Waals surface area contributed by atoms with Gasteiger partial charge in [0.1, 0.15) is 5.82 Å². The van der Waals surface area contributed by atoms with E-state index in [0.717, 1.165) is 10.4 Å². The Bertz CT molecular complexity index is 524. The number of hydrogen-bond donors (Lipinski definition) is 0. The maximum atomic E-state index is 13.0. The third kappa shape index (κ3) is 3.48. The highest BCUT2D eigenvalue weighted by molar-refractivity contribution is 7.12. The minimum absolute atomic E-state index is 0.101. The first-order chi connectivity index (χ1) is 8.65. The normalized spacial score (nSPS) is 10.8. The molecule has 0 aliphatic heterocycles. The SMILES string of the molecule is CN(CC(=O)c1cccs1)Cc1cccc(F)c1. The molecule has 0 spiro atoms. The van der Waals surface area contributed by atoms with Gasteiger partial charge in [-0.2, -0.15) is 0 Å². The summed E-state index contributed by atoms with van der Waals surface area (Å²) >= 11 is 1.45. The van der Waals surface area contributed by atoms with E-state index in [2.05, 4.69) is 0 Å². The lowest BCUT2D eigenvalue weighted by molar-refractivity contribution is 0.0947. The number of Topliss-reactive ketones (excluding diaryl/α,β-unsaturated/α-hetero) is 1. The van der Waals surface area contributed by atoms with Crippen LogP contribution in [0.2, 0.25) is 0 Å². The van der Waals surface area contributed by atoms with Crippen molar-refractivity contribution in [2.75, 3.05) is 13.6 Å². The Kier molecular flexibility index (Phi) is 4.23. The molecule has 1 heterocycles. The lowest BCUT2D eigenvalue weighted by Gasteiger charge is -2.15. The molecule has 2 aromatic rings. The van der Waals surface area contributed by atoms with E-state index in [1.165, 1.54) is 23.5 Å². The van der Waals surface area contributed by atoms with E-state index in [1.807, 2.05) is 35.5 Å². The highest BCUT2D eigenvalue weighted by Crippen LogP contribution is 2.11. The second kappa shape index (κ2) is 5.89. The Hall–Kier alpha value is -1.52. The number of nitrogens with zero attached hydrogens (tertiary/aromatic N) is 1. The molecule has 0 amide bonds. The first-order valence-electron chi connectivity index (χ1n) is 5.65. The van der Waals surface area contributed by atoms with E-state index >= 15 is 0 Å². The lowest BCUT2D eigenvalue weighted by Crippen LogP contribution is -2.25. The average molecular weight is 263 g/mol. The third-order valence-corrected chi connectivity index (χ3v) is 3.46. The molecule has 0 radical (unpaired) electrons. The summed E-state index contributed by atoms with van der Waals surface area (Å²) in [6.45, 7) is 0.909. The van der Waals surface area contributed by atoms with E-state index in [4.69, 9.17) is 0 Å². The van der Waals surface area contributed by atoms with Crippen LogP contribution < -0.4 is 0 Å². The van der Waals surface area contributed by atoms with Crippen LogP contribution >= 0.6 is 11.3 Å². The fourth-order valence-electron chi connectivity index (χ4n) is 1.76. The molecule has 0 aliphatic carbocycles. The van der Waals surface area contributed by atoms with Gasteiger partial charge in [0.25, 0.3) is 0 Å². The summed E-state index contributed by atoms with van der Waals surface area (Å²) in [4.78, 5) is 14.5. The molecule has 0 N–H and O–H groups in total. The highest BCUT2D eigenvalue weighted by Gasteiger charge is 2.10. The Labute approximate surface area is 110 Å². The zero-order valence-electron chi connectivity index (χ0n) is 10.1. The number of hydrogen-bond acceptors (Lipinski definition) is 3. The molecule has 1 aromatic heterocycles. The Morgan fingerprint density at radius 1 is 1.33 bits per heavy atom. The molecule has 94 valence electrons. The molecule has 4 heteroatoms. The number of thiophene rings is 1. The molecular weight excluding hydrogens is 249 g/mol. The zero-order valence-corrected chi connectivity index (χ0v) is 10.9. The second-order valence-electron chi connectivity index (χ2n) is 4.20. The fourth-order valence-corrected chi connectivity index (χ4v) is 2.42. The van der Waals surface area contributed by atoms with E-state index in [9.17, 15) is 9.18 Å². The highest BCUT2D eigenvalue weighted by atomic mass is 32.1. The molecule has 2 rings (SSSR count). The summed E-state index contributed by atoms with van der Waals surface area (Å²) in [6.07, 6.45) is 0. The van der Waals surface area contributed by atoms with Gasteiger partial charge in [-0.25, -0.2) is 4.39 Å². The van der Waals surface area contributed by atoms with Gasteiger partial charge in [0.05, 0.1) is 11.4 Å². The van der Waals surface area contributed by atoms with Gasteiger partial charge in [0.15, 0.2) is 5.78 Å². The minimum Gasteiger partial charge on any atom is -0.295 e.